The average Bonchev–Trinajstić information content (AvgIpc) is 3.17. The normalized spacial score (nSPS) is 15.4. The van der Waals surface area contributed by atoms with Gasteiger partial charge in [0.05, 0.1) is 0 Å². The molecule has 134 valence electrons. The second kappa shape index (κ2) is 6.54. The monoisotopic (exact) mass is 355 g/mol. The fourth-order valence-corrected chi connectivity index (χ4v) is 4.18. The van der Waals surface area contributed by atoms with Gasteiger partial charge in [-0.25, -0.2) is 4.98 Å². The minimum absolute atomic E-state index is 0.0540. The first kappa shape index (κ1) is 16.1. The molecule has 3 heterocycles. The Bertz CT molecular complexity index is 1010. The number of nitrogens with zero attached hydrogens (tertiary/aromatic N) is 3. The Morgan fingerprint density at radius 1 is 0.852 bits per heavy atom. The third kappa shape index (κ3) is 2.78. The van der Waals surface area contributed by atoms with Gasteiger partial charge in [0.1, 0.15) is 5.82 Å². The molecule has 4 nitrogen and oxygen atoms in total. The fourth-order valence-electron chi connectivity index (χ4n) is 4.18. The number of anilines is 3. The lowest BCUT2D eigenvalue weighted by molar-refractivity contribution is 0.0985. The van der Waals surface area contributed by atoms with Gasteiger partial charge in [-0.2, -0.15) is 0 Å². The number of carbonyl (C=O) groups is 1. The molecule has 0 fully saturated rings. The molecule has 0 radical (unpaired) electrons. The van der Waals surface area contributed by atoms with Crippen LogP contribution in [0.15, 0.2) is 66.9 Å². The molecule has 27 heavy (non-hydrogen) atoms. The van der Waals surface area contributed by atoms with Crippen LogP contribution in [0.25, 0.3) is 0 Å². The van der Waals surface area contributed by atoms with Crippen LogP contribution in [0.5, 0.6) is 0 Å². The number of rotatable bonds is 2. The van der Waals surface area contributed by atoms with Gasteiger partial charge in [0.25, 0.3) is 5.91 Å². The van der Waals surface area contributed by atoms with Crippen molar-refractivity contribution in [1.82, 2.24) is 4.98 Å². The van der Waals surface area contributed by atoms with Crippen molar-refractivity contribution in [2.24, 2.45) is 0 Å². The van der Waals surface area contributed by atoms with Gasteiger partial charge in [0.2, 0.25) is 0 Å². The summed E-state index contributed by atoms with van der Waals surface area (Å²) in [7, 11) is 0. The summed E-state index contributed by atoms with van der Waals surface area (Å²) >= 11 is 0. The summed E-state index contributed by atoms with van der Waals surface area (Å²) in [6.45, 7) is 1.66. The number of para-hydroxylation sites is 2. The van der Waals surface area contributed by atoms with Gasteiger partial charge in [0.15, 0.2) is 0 Å². The number of hydrogen-bond acceptors (Lipinski definition) is 3. The van der Waals surface area contributed by atoms with Crippen molar-refractivity contribution in [3.05, 3.63) is 83.6 Å². The van der Waals surface area contributed by atoms with E-state index in [4.69, 9.17) is 0 Å². The highest BCUT2D eigenvalue weighted by Crippen LogP contribution is 2.34. The molecule has 2 aliphatic rings. The zero-order valence-electron chi connectivity index (χ0n) is 15.1. The molecular weight excluding hydrogens is 334 g/mol. The van der Waals surface area contributed by atoms with E-state index < -0.39 is 0 Å². The molecule has 0 N–H and O–H groups in total. The van der Waals surface area contributed by atoms with Crippen LogP contribution in [0, 0.1) is 0 Å². The fraction of sp³-hybridized carbons (Fsp3) is 0.217. The summed E-state index contributed by atoms with van der Waals surface area (Å²) in [5.41, 5.74) is 5.51. The summed E-state index contributed by atoms with van der Waals surface area (Å²) < 4.78 is 0. The van der Waals surface area contributed by atoms with Crippen molar-refractivity contribution in [3.8, 4) is 0 Å². The van der Waals surface area contributed by atoms with Gasteiger partial charge in [-0.15, -0.1) is 0 Å². The molecule has 1 aromatic heterocycles. The third-order valence-corrected chi connectivity index (χ3v) is 5.51. The molecule has 3 aromatic rings. The number of benzene rings is 2. The van der Waals surface area contributed by atoms with Crippen LogP contribution in [0.3, 0.4) is 0 Å². The second-order valence-electron chi connectivity index (χ2n) is 7.12. The summed E-state index contributed by atoms with van der Waals surface area (Å²) in [6, 6.07) is 20.4. The molecule has 4 heteroatoms. The number of carbonyl (C=O) groups excluding carboxylic acids is 1. The van der Waals surface area contributed by atoms with Crippen molar-refractivity contribution in [3.63, 3.8) is 0 Å². The molecule has 0 saturated carbocycles. The van der Waals surface area contributed by atoms with Gasteiger partial charge in [-0.1, -0.05) is 36.4 Å². The van der Waals surface area contributed by atoms with Gasteiger partial charge in [0, 0.05) is 36.2 Å². The van der Waals surface area contributed by atoms with E-state index in [1.165, 1.54) is 16.8 Å². The lowest BCUT2D eigenvalue weighted by atomic mass is 10.0. The van der Waals surface area contributed by atoms with E-state index in [2.05, 4.69) is 40.2 Å². The quantitative estimate of drug-likeness (QED) is 0.685. The SMILES string of the molecule is O=C(c1ccnc(N2CCc3ccccc32)c1)N1CCCc2ccccc21. The maximum Gasteiger partial charge on any atom is 0.258 e. The molecule has 0 aliphatic carbocycles. The van der Waals surface area contributed by atoms with Gasteiger partial charge >= 0.3 is 0 Å². The van der Waals surface area contributed by atoms with Crippen molar-refractivity contribution in [2.75, 3.05) is 22.9 Å². The van der Waals surface area contributed by atoms with Crippen LogP contribution >= 0.6 is 0 Å². The highest BCUT2D eigenvalue weighted by atomic mass is 16.2. The van der Waals surface area contributed by atoms with Crippen LogP contribution < -0.4 is 9.80 Å². The maximum absolute atomic E-state index is 13.3. The van der Waals surface area contributed by atoms with Crippen molar-refractivity contribution < 1.29 is 4.79 Å². The number of hydrogen-bond donors (Lipinski definition) is 0. The number of aromatic nitrogens is 1. The molecule has 1 amide bonds. The average molecular weight is 355 g/mol. The Balaban J connectivity index is 1.48. The topological polar surface area (TPSA) is 36.4 Å². The van der Waals surface area contributed by atoms with Gasteiger partial charge < -0.3 is 9.80 Å². The molecule has 2 aliphatic heterocycles. The first-order valence-corrected chi connectivity index (χ1v) is 9.52. The largest absolute Gasteiger partial charge is 0.326 e. The van der Waals surface area contributed by atoms with E-state index in [0.29, 0.717) is 5.56 Å². The first-order chi connectivity index (χ1) is 13.3. The zero-order valence-corrected chi connectivity index (χ0v) is 15.1. The number of pyridine rings is 1. The van der Waals surface area contributed by atoms with Crippen LogP contribution in [-0.2, 0) is 12.8 Å². The highest BCUT2D eigenvalue weighted by Gasteiger charge is 2.25. The Kier molecular flexibility index (Phi) is 3.89. The van der Waals surface area contributed by atoms with Crippen LogP contribution in [-0.4, -0.2) is 24.0 Å². The van der Waals surface area contributed by atoms with Crippen molar-refractivity contribution >= 4 is 23.1 Å². The Labute approximate surface area is 159 Å². The van der Waals surface area contributed by atoms with Crippen molar-refractivity contribution in [2.45, 2.75) is 19.3 Å². The first-order valence-electron chi connectivity index (χ1n) is 9.52. The smallest absolute Gasteiger partial charge is 0.258 e. The predicted molar refractivity (Wildman–Crippen MR) is 108 cm³/mol. The summed E-state index contributed by atoms with van der Waals surface area (Å²) in [4.78, 5) is 21.9. The minimum Gasteiger partial charge on any atom is -0.326 e. The summed E-state index contributed by atoms with van der Waals surface area (Å²) in [5.74, 6) is 0.898. The Hall–Kier alpha value is -3.14. The number of amides is 1. The van der Waals surface area contributed by atoms with E-state index in [1.807, 2.05) is 35.2 Å². The Morgan fingerprint density at radius 2 is 1.59 bits per heavy atom. The predicted octanol–water partition coefficient (Wildman–Crippen LogP) is 4.37. The lowest BCUT2D eigenvalue weighted by Gasteiger charge is -2.29. The standard InChI is InChI=1S/C23H21N3O/c27-23(26-14-5-8-17-6-1-4-10-21(17)26)19-11-13-24-22(16-19)25-15-12-18-7-2-3-9-20(18)25/h1-4,6-7,9-11,13,16H,5,8,12,14-15H2. The van der Waals surface area contributed by atoms with Crippen LogP contribution in [0.1, 0.15) is 27.9 Å². The van der Waals surface area contributed by atoms with Gasteiger partial charge in [-0.05, 0) is 54.7 Å². The lowest BCUT2D eigenvalue weighted by Crippen LogP contribution is -2.35. The zero-order chi connectivity index (χ0) is 18.2. The molecule has 0 unspecified atom stereocenters. The molecule has 0 spiro atoms. The number of aryl methyl sites for hydroxylation is 1. The molecular formula is C23H21N3O. The van der Waals surface area contributed by atoms with E-state index in [1.54, 1.807) is 6.20 Å². The third-order valence-electron chi connectivity index (χ3n) is 5.51. The van der Waals surface area contributed by atoms with E-state index >= 15 is 0 Å². The Morgan fingerprint density at radius 3 is 2.44 bits per heavy atom. The van der Waals surface area contributed by atoms with E-state index in [0.717, 1.165) is 43.9 Å². The maximum atomic E-state index is 13.3. The summed E-state index contributed by atoms with van der Waals surface area (Å²) in [6.07, 6.45) is 4.79. The van der Waals surface area contributed by atoms with E-state index in [9.17, 15) is 4.79 Å². The molecule has 5 rings (SSSR count). The highest BCUT2D eigenvalue weighted by molar-refractivity contribution is 6.07. The minimum atomic E-state index is 0.0540. The molecule has 0 atom stereocenters. The molecule has 0 bridgehead atoms. The second-order valence-corrected chi connectivity index (χ2v) is 7.12. The number of fused-ring (bicyclic) bond motifs is 2. The van der Waals surface area contributed by atoms with Gasteiger partial charge in [-0.3, -0.25) is 4.79 Å². The van der Waals surface area contributed by atoms with E-state index in [-0.39, 0.29) is 5.91 Å². The molecule has 2 aromatic carbocycles. The summed E-state index contributed by atoms with van der Waals surface area (Å²) in [5, 5.41) is 0. The van der Waals surface area contributed by atoms with Crippen LogP contribution in [0.4, 0.5) is 17.2 Å². The molecule has 0 saturated heterocycles. The van der Waals surface area contributed by atoms with Crippen LogP contribution in [0.2, 0.25) is 0 Å². The van der Waals surface area contributed by atoms with Crippen molar-refractivity contribution in [1.29, 1.82) is 0 Å².